The maximum Gasteiger partial charge on any atom is 0.198 e. The van der Waals surface area contributed by atoms with E-state index in [1.165, 1.54) is 0 Å². The molecule has 1 aliphatic rings. The van der Waals surface area contributed by atoms with Crippen LogP contribution in [0.15, 0.2) is 12.3 Å². The van der Waals surface area contributed by atoms with E-state index >= 15 is 0 Å². The Hall–Kier alpha value is -0.960. The number of ether oxygens (including phenoxy) is 1. The van der Waals surface area contributed by atoms with Gasteiger partial charge in [0.15, 0.2) is 5.88 Å². The molecule has 1 unspecified atom stereocenters. The Morgan fingerprint density at radius 3 is 3.07 bits per heavy atom. The molecule has 0 saturated carbocycles. The van der Waals surface area contributed by atoms with Crippen LogP contribution in [0.3, 0.4) is 0 Å². The summed E-state index contributed by atoms with van der Waals surface area (Å²) in [5.41, 5.74) is 7.28. The Morgan fingerprint density at radius 2 is 2.36 bits per heavy atom. The van der Waals surface area contributed by atoms with Gasteiger partial charge in [0.2, 0.25) is 0 Å². The predicted octanol–water partition coefficient (Wildman–Crippen LogP) is 1.93. The number of hydrogen-bond donors (Lipinski definition) is 1. The molecule has 1 aromatic rings. The number of aromatic nitrogens is 1. The Bertz CT molecular complexity index is 317. The van der Waals surface area contributed by atoms with Gasteiger partial charge in [-0.25, -0.2) is 0 Å². The lowest BCUT2D eigenvalue weighted by molar-refractivity contribution is 0.349. The molecule has 3 nitrogen and oxygen atoms in total. The van der Waals surface area contributed by atoms with Crippen molar-refractivity contribution in [2.45, 2.75) is 32.9 Å². The summed E-state index contributed by atoms with van der Waals surface area (Å²) < 4.78 is 7.69. The fraction of sp³-hybridized carbons (Fsp3) is 0.636. The Labute approximate surface area is 84.9 Å². The molecule has 0 radical (unpaired) electrons. The van der Waals surface area contributed by atoms with Gasteiger partial charge in [0.25, 0.3) is 0 Å². The summed E-state index contributed by atoms with van der Waals surface area (Å²) in [6.45, 7) is 6.13. The number of nitrogens with two attached hydrogens (primary N) is 1. The second-order valence-corrected chi connectivity index (χ2v) is 4.35. The van der Waals surface area contributed by atoms with E-state index in [2.05, 4.69) is 30.7 Å². The maximum atomic E-state index is 6.12. The summed E-state index contributed by atoms with van der Waals surface area (Å²) in [5.74, 6) is 1.61. The molecule has 1 atom stereocenters. The van der Waals surface area contributed by atoms with Crippen molar-refractivity contribution in [1.29, 1.82) is 0 Å². The minimum absolute atomic E-state index is 0.115. The van der Waals surface area contributed by atoms with Crippen molar-refractivity contribution in [3.8, 4) is 5.88 Å². The van der Waals surface area contributed by atoms with E-state index in [-0.39, 0.29) is 6.04 Å². The van der Waals surface area contributed by atoms with E-state index in [9.17, 15) is 0 Å². The van der Waals surface area contributed by atoms with E-state index in [4.69, 9.17) is 10.5 Å². The first kappa shape index (κ1) is 9.59. The van der Waals surface area contributed by atoms with Gasteiger partial charge in [0.05, 0.1) is 6.54 Å². The topological polar surface area (TPSA) is 40.2 Å². The van der Waals surface area contributed by atoms with Gasteiger partial charge in [-0.15, -0.1) is 0 Å². The van der Waals surface area contributed by atoms with Gasteiger partial charge in [-0.3, -0.25) is 0 Å². The molecule has 0 bridgehead atoms. The highest BCUT2D eigenvalue weighted by Crippen LogP contribution is 2.31. The van der Waals surface area contributed by atoms with Gasteiger partial charge in [-0.2, -0.15) is 0 Å². The van der Waals surface area contributed by atoms with Gasteiger partial charge in [0.1, 0.15) is 6.61 Å². The minimum atomic E-state index is 0.115. The Kier molecular flexibility index (Phi) is 2.50. The highest BCUT2D eigenvalue weighted by Gasteiger charge is 2.20. The van der Waals surface area contributed by atoms with Crippen LogP contribution in [0.25, 0.3) is 0 Å². The monoisotopic (exact) mass is 194 g/mol. The Morgan fingerprint density at radius 1 is 1.57 bits per heavy atom. The maximum absolute atomic E-state index is 6.12. The summed E-state index contributed by atoms with van der Waals surface area (Å²) >= 11 is 0. The molecule has 14 heavy (non-hydrogen) atoms. The molecule has 1 aromatic heterocycles. The van der Waals surface area contributed by atoms with E-state index in [0.717, 1.165) is 31.0 Å². The highest BCUT2D eigenvalue weighted by molar-refractivity contribution is 5.33. The average molecular weight is 194 g/mol. The molecule has 0 spiro atoms. The fourth-order valence-corrected chi connectivity index (χ4v) is 1.98. The molecular formula is C11H18N2O. The molecular weight excluding hydrogens is 176 g/mol. The smallest absolute Gasteiger partial charge is 0.198 e. The molecule has 0 saturated heterocycles. The van der Waals surface area contributed by atoms with Crippen LogP contribution in [0.5, 0.6) is 5.88 Å². The second kappa shape index (κ2) is 3.65. The van der Waals surface area contributed by atoms with Crippen LogP contribution >= 0.6 is 0 Å². The number of fused-ring (bicyclic) bond motifs is 1. The fourth-order valence-electron chi connectivity index (χ4n) is 1.98. The largest absolute Gasteiger partial charge is 0.477 e. The summed E-state index contributed by atoms with van der Waals surface area (Å²) in [6.07, 6.45) is 3.08. The van der Waals surface area contributed by atoms with Crippen LogP contribution in [0.1, 0.15) is 31.9 Å². The molecule has 2 N–H and O–H groups in total. The third-order valence-electron chi connectivity index (χ3n) is 2.64. The van der Waals surface area contributed by atoms with Crippen molar-refractivity contribution in [3.05, 3.63) is 17.8 Å². The van der Waals surface area contributed by atoms with Gasteiger partial charge in [0, 0.05) is 17.8 Å². The van der Waals surface area contributed by atoms with Crippen LogP contribution in [-0.4, -0.2) is 11.2 Å². The van der Waals surface area contributed by atoms with Gasteiger partial charge in [-0.05, 0) is 18.4 Å². The van der Waals surface area contributed by atoms with E-state index in [0.29, 0.717) is 5.92 Å². The predicted molar refractivity (Wildman–Crippen MR) is 56.3 cm³/mol. The van der Waals surface area contributed by atoms with Crippen molar-refractivity contribution >= 4 is 0 Å². The van der Waals surface area contributed by atoms with Gasteiger partial charge >= 0.3 is 0 Å². The summed E-state index contributed by atoms with van der Waals surface area (Å²) in [7, 11) is 0. The molecule has 0 fully saturated rings. The standard InChI is InChI=1S/C11H18N2O/c1-8(2)7-10(12)9-3-4-13-5-6-14-11(9)13/h3-4,8,10H,5-7,12H2,1-2H3. The molecule has 0 amide bonds. The molecule has 0 aliphatic carbocycles. The zero-order valence-electron chi connectivity index (χ0n) is 8.86. The summed E-state index contributed by atoms with van der Waals surface area (Å²) in [5, 5.41) is 0. The van der Waals surface area contributed by atoms with Crippen LogP contribution in [0.4, 0.5) is 0 Å². The first-order valence-corrected chi connectivity index (χ1v) is 5.26. The van der Waals surface area contributed by atoms with Gasteiger partial charge < -0.3 is 15.0 Å². The molecule has 2 rings (SSSR count). The second-order valence-electron chi connectivity index (χ2n) is 4.35. The van der Waals surface area contributed by atoms with Gasteiger partial charge in [-0.1, -0.05) is 13.8 Å². The number of nitrogens with zero attached hydrogens (tertiary/aromatic N) is 1. The highest BCUT2D eigenvalue weighted by atomic mass is 16.5. The van der Waals surface area contributed by atoms with Crippen molar-refractivity contribution < 1.29 is 4.74 Å². The molecule has 78 valence electrons. The quantitative estimate of drug-likeness (QED) is 0.798. The SMILES string of the molecule is CC(C)CC(N)c1ccn2c1OCC2. The van der Waals surface area contributed by atoms with E-state index in [1.54, 1.807) is 0 Å². The zero-order valence-corrected chi connectivity index (χ0v) is 8.86. The van der Waals surface area contributed by atoms with Crippen molar-refractivity contribution in [2.24, 2.45) is 11.7 Å². The number of rotatable bonds is 3. The molecule has 1 aliphatic heterocycles. The lowest BCUT2D eigenvalue weighted by atomic mass is 10.00. The Balaban J connectivity index is 2.16. The summed E-state index contributed by atoms with van der Waals surface area (Å²) in [6, 6.07) is 2.20. The van der Waals surface area contributed by atoms with Crippen LogP contribution in [-0.2, 0) is 6.54 Å². The lowest BCUT2D eigenvalue weighted by Crippen LogP contribution is -2.13. The molecule has 3 heteroatoms. The first-order chi connectivity index (χ1) is 6.68. The third kappa shape index (κ3) is 1.64. The van der Waals surface area contributed by atoms with Crippen molar-refractivity contribution in [3.63, 3.8) is 0 Å². The lowest BCUT2D eigenvalue weighted by Gasteiger charge is -2.13. The number of hydrogen-bond acceptors (Lipinski definition) is 2. The normalized spacial score (nSPS) is 16.9. The van der Waals surface area contributed by atoms with Crippen molar-refractivity contribution in [2.75, 3.05) is 6.61 Å². The molecule has 0 aromatic carbocycles. The third-order valence-corrected chi connectivity index (χ3v) is 2.64. The van der Waals surface area contributed by atoms with Crippen molar-refractivity contribution in [1.82, 2.24) is 4.57 Å². The van der Waals surface area contributed by atoms with E-state index in [1.807, 2.05) is 0 Å². The summed E-state index contributed by atoms with van der Waals surface area (Å²) in [4.78, 5) is 0. The zero-order chi connectivity index (χ0) is 10.1. The minimum Gasteiger partial charge on any atom is -0.477 e. The van der Waals surface area contributed by atoms with Crippen LogP contribution in [0.2, 0.25) is 0 Å². The average Bonchev–Trinajstić information content (AvgIpc) is 2.59. The molecule has 2 heterocycles. The first-order valence-electron chi connectivity index (χ1n) is 5.26. The van der Waals surface area contributed by atoms with Crippen LogP contribution < -0.4 is 10.5 Å². The van der Waals surface area contributed by atoms with Crippen LogP contribution in [0, 0.1) is 5.92 Å². The van der Waals surface area contributed by atoms with E-state index < -0.39 is 0 Å².